The molecule has 13 heteroatoms. The number of nitrogens with one attached hydrogen (secondary N) is 2. The lowest BCUT2D eigenvalue weighted by Crippen LogP contribution is -2.56. The fourth-order valence-corrected chi connectivity index (χ4v) is 3.83. The molecule has 1 fully saturated rings. The third kappa shape index (κ3) is 9.62. The van der Waals surface area contributed by atoms with Crippen molar-refractivity contribution in [3.8, 4) is 6.07 Å². The van der Waals surface area contributed by atoms with E-state index in [9.17, 15) is 32.8 Å². The average Bonchev–Trinajstić information content (AvgIpc) is 2.84. The Morgan fingerprint density at radius 1 is 1.28 bits per heavy atom. The smallest absolute Gasteiger partial charge is 0.426 e. The van der Waals surface area contributed by atoms with Crippen LogP contribution >= 0.6 is 0 Å². The predicted molar refractivity (Wildman–Crippen MR) is 125 cm³/mol. The van der Waals surface area contributed by atoms with Crippen LogP contribution in [0.25, 0.3) is 0 Å². The zero-order valence-corrected chi connectivity index (χ0v) is 19.7. The van der Waals surface area contributed by atoms with Gasteiger partial charge >= 0.3 is 13.3 Å². The first-order valence-corrected chi connectivity index (χ1v) is 11.5. The van der Waals surface area contributed by atoms with E-state index < -0.39 is 56.3 Å². The van der Waals surface area contributed by atoms with Gasteiger partial charge in [0.1, 0.15) is 17.7 Å². The molecule has 0 radical (unpaired) electrons. The summed E-state index contributed by atoms with van der Waals surface area (Å²) in [6.07, 6.45) is -2.47. The van der Waals surface area contributed by atoms with Gasteiger partial charge in [0, 0.05) is 6.54 Å². The standard InChI is InChI=1S/C23H30BF3N4O5/c1-16(12-28)22(33)31-10-6-5-9-18(31)13-36-14-19(29-15-23(25,26)27)21(32)30-20(24(34)35)11-17-7-3-2-4-8-17/h2-4,7-8,18-20,29,34-35H,1,5-6,9-11,13-15H2,(H,30,32)/t18-,19+,20+/m1/s1. The monoisotopic (exact) mass is 510 g/mol. The van der Waals surface area contributed by atoms with Crippen LogP contribution < -0.4 is 10.6 Å². The van der Waals surface area contributed by atoms with Crippen LogP contribution in [0, 0.1) is 11.3 Å². The number of benzene rings is 1. The molecule has 1 heterocycles. The van der Waals surface area contributed by atoms with E-state index in [2.05, 4.69) is 17.2 Å². The number of nitrogens with zero attached hydrogens (tertiary/aromatic N) is 2. The highest BCUT2D eigenvalue weighted by molar-refractivity contribution is 6.43. The Morgan fingerprint density at radius 3 is 2.58 bits per heavy atom. The molecule has 1 aromatic carbocycles. The molecule has 1 saturated heterocycles. The first-order valence-electron chi connectivity index (χ1n) is 11.5. The maximum absolute atomic E-state index is 12.8. The lowest BCUT2D eigenvalue weighted by molar-refractivity contribution is -0.137. The third-order valence-electron chi connectivity index (χ3n) is 5.73. The fourth-order valence-electron chi connectivity index (χ4n) is 3.83. The summed E-state index contributed by atoms with van der Waals surface area (Å²) in [4.78, 5) is 26.6. The van der Waals surface area contributed by atoms with E-state index in [-0.39, 0.29) is 18.6 Å². The van der Waals surface area contributed by atoms with Gasteiger partial charge in [-0.25, -0.2) is 0 Å². The number of alkyl halides is 3. The molecule has 0 bridgehead atoms. The average molecular weight is 510 g/mol. The fraction of sp³-hybridized carbons (Fsp3) is 0.522. The van der Waals surface area contributed by atoms with Gasteiger partial charge in [0.2, 0.25) is 5.91 Å². The molecule has 1 aromatic rings. The van der Waals surface area contributed by atoms with Gasteiger partial charge in [-0.05, 0) is 31.2 Å². The number of halogens is 3. The van der Waals surface area contributed by atoms with Crippen molar-refractivity contribution in [2.24, 2.45) is 0 Å². The first kappa shape index (κ1) is 29.3. The van der Waals surface area contributed by atoms with Crippen molar-refractivity contribution in [3.63, 3.8) is 0 Å². The number of piperidine rings is 1. The normalized spacial score (nSPS) is 17.6. The highest BCUT2D eigenvalue weighted by Gasteiger charge is 2.34. The molecule has 0 aliphatic carbocycles. The Bertz CT molecular complexity index is 927. The molecule has 2 amide bonds. The van der Waals surface area contributed by atoms with Gasteiger partial charge in [-0.3, -0.25) is 14.9 Å². The van der Waals surface area contributed by atoms with Gasteiger partial charge in [0.05, 0.1) is 31.7 Å². The zero-order chi connectivity index (χ0) is 26.7. The molecule has 36 heavy (non-hydrogen) atoms. The van der Waals surface area contributed by atoms with E-state index in [0.717, 1.165) is 12.8 Å². The van der Waals surface area contributed by atoms with Gasteiger partial charge < -0.3 is 25.0 Å². The van der Waals surface area contributed by atoms with Crippen LogP contribution in [0.5, 0.6) is 0 Å². The van der Waals surface area contributed by atoms with Crippen LogP contribution in [0.2, 0.25) is 0 Å². The van der Waals surface area contributed by atoms with Crippen molar-refractivity contribution in [2.75, 3.05) is 26.3 Å². The van der Waals surface area contributed by atoms with E-state index in [0.29, 0.717) is 18.5 Å². The summed E-state index contributed by atoms with van der Waals surface area (Å²) < 4.78 is 44.0. The number of ether oxygens (including phenoxy) is 1. The van der Waals surface area contributed by atoms with Gasteiger partial charge in [-0.15, -0.1) is 0 Å². The summed E-state index contributed by atoms with van der Waals surface area (Å²) in [5, 5.41) is 32.8. The quantitative estimate of drug-likeness (QED) is 0.185. The summed E-state index contributed by atoms with van der Waals surface area (Å²) in [7, 11) is -1.95. The molecule has 0 unspecified atom stereocenters. The van der Waals surface area contributed by atoms with E-state index >= 15 is 0 Å². The number of hydrogen-bond acceptors (Lipinski definition) is 7. The number of hydrogen-bond donors (Lipinski definition) is 4. The Hall–Kier alpha value is -2.92. The van der Waals surface area contributed by atoms with Crippen molar-refractivity contribution >= 4 is 18.9 Å². The Kier molecular flexibility index (Phi) is 11.4. The third-order valence-corrected chi connectivity index (χ3v) is 5.73. The lowest BCUT2D eigenvalue weighted by atomic mass is 9.76. The molecule has 1 aliphatic heterocycles. The van der Waals surface area contributed by atoms with Crippen molar-refractivity contribution in [1.29, 1.82) is 5.26 Å². The van der Waals surface area contributed by atoms with Gasteiger partial charge in [-0.1, -0.05) is 36.9 Å². The van der Waals surface area contributed by atoms with Crippen LogP contribution in [0.15, 0.2) is 42.5 Å². The summed E-state index contributed by atoms with van der Waals surface area (Å²) in [6.45, 7) is 1.84. The van der Waals surface area contributed by atoms with Crippen molar-refractivity contribution < 1.29 is 37.5 Å². The molecule has 196 valence electrons. The second kappa shape index (κ2) is 14.0. The van der Waals surface area contributed by atoms with Crippen LogP contribution in [-0.2, 0) is 20.7 Å². The van der Waals surface area contributed by atoms with Crippen LogP contribution in [-0.4, -0.2) is 84.4 Å². The zero-order valence-electron chi connectivity index (χ0n) is 19.7. The van der Waals surface area contributed by atoms with E-state index in [4.69, 9.17) is 10.00 Å². The van der Waals surface area contributed by atoms with E-state index in [1.54, 1.807) is 36.4 Å². The first-order chi connectivity index (χ1) is 17.0. The highest BCUT2D eigenvalue weighted by Crippen LogP contribution is 2.19. The van der Waals surface area contributed by atoms with Crippen LogP contribution in [0.1, 0.15) is 24.8 Å². The maximum atomic E-state index is 12.8. The maximum Gasteiger partial charge on any atom is 0.475 e. The number of likely N-dealkylation sites (tertiary alicyclic amines) is 1. The molecule has 3 atom stereocenters. The topological polar surface area (TPSA) is 135 Å². The van der Waals surface area contributed by atoms with Gasteiger partial charge in [0.25, 0.3) is 5.91 Å². The minimum Gasteiger partial charge on any atom is -0.426 e. The second-order valence-electron chi connectivity index (χ2n) is 8.54. The summed E-state index contributed by atoms with van der Waals surface area (Å²) in [5.41, 5.74) is 0.464. The second-order valence-corrected chi connectivity index (χ2v) is 8.54. The molecule has 9 nitrogen and oxygen atoms in total. The Labute approximate surface area is 208 Å². The minimum atomic E-state index is -4.59. The molecule has 4 N–H and O–H groups in total. The number of carbonyl (C=O) groups is 2. The SMILES string of the molecule is C=C(C#N)C(=O)N1CCCC[C@@H]1COC[C@H](NCC(F)(F)F)C(=O)N[C@@H](Cc1ccccc1)B(O)O. The minimum absolute atomic E-state index is 0.0407. The Morgan fingerprint density at radius 2 is 1.97 bits per heavy atom. The number of rotatable bonds is 12. The molecule has 0 spiro atoms. The van der Waals surface area contributed by atoms with Crippen LogP contribution in [0.3, 0.4) is 0 Å². The highest BCUT2D eigenvalue weighted by atomic mass is 19.4. The van der Waals surface area contributed by atoms with Crippen molar-refractivity contribution in [3.05, 3.63) is 48.0 Å². The van der Waals surface area contributed by atoms with Gasteiger partial charge in [0.15, 0.2) is 0 Å². The van der Waals surface area contributed by atoms with Crippen molar-refractivity contribution in [1.82, 2.24) is 15.5 Å². The lowest BCUT2D eigenvalue weighted by Gasteiger charge is -2.35. The predicted octanol–water partition coefficient (Wildman–Crippen LogP) is 0.724. The van der Waals surface area contributed by atoms with E-state index in [1.807, 2.05) is 0 Å². The molecular weight excluding hydrogens is 480 g/mol. The van der Waals surface area contributed by atoms with E-state index in [1.165, 1.54) is 4.90 Å². The number of carbonyl (C=O) groups excluding carboxylic acids is 2. The molecule has 2 rings (SSSR count). The molecule has 0 saturated carbocycles. The summed E-state index contributed by atoms with van der Waals surface area (Å²) in [5.74, 6) is -2.60. The number of amides is 2. The summed E-state index contributed by atoms with van der Waals surface area (Å²) in [6, 6.07) is 8.47. The molecule has 1 aliphatic rings. The Balaban J connectivity index is 2.03. The molecule has 0 aromatic heterocycles. The largest absolute Gasteiger partial charge is 0.475 e. The van der Waals surface area contributed by atoms with Crippen LogP contribution in [0.4, 0.5) is 13.2 Å². The van der Waals surface area contributed by atoms with Crippen molar-refractivity contribution in [2.45, 2.75) is 49.9 Å². The molecular formula is C23H30BF3N4O5. The number of nitriles is 1. The van der Waals surface area contributed by atoms with Gasteiger partial charge in [-0.2, -0.15) is 18.4 Å². The summed E-state index contributed by atoms with van der Waals surface area (Å²) >= 11 is 0.